The van der Waals surface area contributed by atoms with Gasteiger partial charge in [0.25, 0.3) is 0 Å². The molecule has 1 amide bonds. The van der Waals surface area contributed by atoms with Crippen LogP contribution in [0.2, 0.25) is 0 Å². The van der Waals surface area contributed by atoms with E-state index in [1.54, 1.807) is 0 Å². The largest absolute Gasteiger partial charge is 0.325 e. The third-order valence-electron chi connectivity index (χ3n) is 4.20. The Labute approximate surface area is 162 Å². The lowest BCUT2D eigenvalue weighted by Crippen LogP contribution is -2.32. The van der Waals surface area contributed by atoms with Crippen molar-refractivity contribution in [1.29, 1.82) is 0 Å². The van der Waals surface area contributed by atoms with E-state index in [4.69, 9.17) is 0 Å². The molecular weight excluding hydrogens is 388 g/mol. The molecule has 0 heterocycles. The molecule has 0 aliphatic heterocycles. The minimum absolute atomic E-state index is 0.0332. The molecule has 0 bridgehead atoms. The highest BCUT2D eigenvalue weighted by Crippen LogP contribution is 2.22. The van der Waals surface area contributed by atoms with E-state index >= 15 is 0 Å². The average Bonchev–Trinajstić information content (AvgIpc) is 2.66. The van der Waals surface area contributed by atoms with Crippen molar-refractivity contribution < 1.29 is 4.79 Å². The summed E-state index contributed by atoms with van der Waals surface area (Å²) in [6.07, 6.45) is 0. The molecule has 3 nitrogen and oxygen atoms in total. The van der Waals surface area contributed by atoms with Crippen molar-refractivity contribution in [2.24, 2.45) is 0 Å². The summed E-state index contributed by atoms with van der Waals surface area (Å²) in [6.45, 7) is 2.20. The Bertz CT molecular complexity index is 826. The number of benzene rings is 3. The molecule has 3 aromatic carbocycles. The fraction of sp³-hybridized carbons (Fsp3) is 0.136. The summed E-state index contributed by atoms with van der Waals surface area (Å²) in [4.78, 5) is 12.4. The van der Waals surface area contributed by atoms with Crippen LogP contribution in [0.4, 0.5) is 5.69 Å². The molecule has 4 heteroatoms. The van der Waals surface area contributed by atoms with E-state index in [2.05, 4.69) is 50.8 Å². The summed E-state index contributed by atoms with van der Waals surface area (Å²) in [6, 6.07) is 26.1. The molecule has 0 spiro atoms. The number of amides is 1. The summed E-state index contributed by atoms with van der Waals surface area (Å²) in [5.41, 5.74) is 4.11. The van der Waals surface area contributed by atoms with Gasteiger partial charge in [0.1, 0.15) is 0 Å². The van der Waals surface area contributed by atoms with Gasteiger partial charge in [-0.05, 0) is 41.8 Å². The first-order valence-electron chi connectivity index (χ1n) is 8.53. The summed E-state index contributed by atoms with van der Waals surface area (Å²) >= 11 is 3.44. The summed E-state index contributed by atoms with van der Waals surface area (Å²) in [5.74, 6) is -0.0627. The van der Waals surface area contributed by atoms with Crippen molar-refractivity contribution in [2.45, 2.75) is 13.0 Å². The second-order valence-electron chi connectivity index (χ2n) is 6.14. The van der Waals surface area contributed by atoms with Crippen molar-refractivity contribution in [3.05, 3.63) is 100 Å². The number of carbonyl (C=O) groups is 1. The van der Waals surface area contributed by atoms with E-state index < -0.39 is 0 Å². The van der Waals surface area contributed by atoms with Crippen molar-refractivity contribution >= 4 is 27.5 Å². The molecule has 132 valence electrons. The number of nitrogens with one attached hydrogen (secondary N) is 2. The number of hydrogen-bond donors (Lipinski definition) is 2. The highest BCUT2D eigenvalue weighted by molar-refractivity contribution is 9.10. The first-order chi connectivity index (χ1) is 12.6. The molecule has 0 aliphatic carbocycles. The molecule has 0 fully saturated rings. The first kappa shape index (κ1) is 18.4. The number of aryl methyl sites for hydroxylation is 1. The maximum absolute atomic E-state index is 12.4. The average molecular weight is 409 g/mol. The zero-order chi connectivity index (χ0) is 18.4. The molecule has 3 aromatic rings. The fourth-order valence-electron chi connectivity index (χ4n) is 2.88. The smallest absolute Gasteiger partial charge is 0.238 e. The minimum Gasteiger partial charge on any atom is -0.325 e. The lowest BCUT2D eigenvalue weighted by atomic mass is 9.99. The predicted molar refractivity (Wildman–Crippen MR) is 110 cm³/mol. The van der Waals surface area contributed by atoms with Gasteiger partial charge in [-0.2, -0.15) is 0 Å². The van der Waals surface area contributed by atoms with Gasteiger partial charge in [-0.1, -0.05) is 76.6 Å². The molecule has 0 unspecified atom stereocenters. The van der Waals surface area contributed by atoms with Crippen molar-refractivity contribution in [3.63, 3.8) is 0 Å². The van der Waals surface area contributed by atoms with Crippen LogP contribution in [0.25, 0.3) is 0 Å². The van der Waals surface area contributed by atoms with Gasteiger partial charge in [-0.15, -0.1) is 0 Å². The van der Waals surface area contributed by atoms with Crippen molar-refractivity contribution in [3.8, 4) is 0 Å². The quantitative estimate of drug-likeness (QED) is 0.597. The van der Waals surface area contributed by atoms with Gasteiger partial charge in [0.2, 0.25) is 5.91 Å². The summed E-state index contributed by atoms with van der Waals surface area (Å²) in [5, 5.41) is 6.36. The van der Waals surface area contributed by atoms with Crippen LogP contribution in [0.3, 0.4) is 0 Å². The van der Waals surface area contributed by atoms with Gasteiger partial charge in [0.15, 0.2) is 0 Å². The standard InChI is InChI=1S/C22H21BrN2O/c1-16-14-19(23)12-13-20(16)25-21(26)15-24-22(17-8-4-2-5-9-17)18-10-6-3-7-11-18/h2-14,22,24H,15H2,1H3,(H,25,26). The molecule has 2 N–H and O–H groups in total. The normalized spacial score (nSPS) is 10.7. The van der Waals surface area contributed by atoms with E-state index in [1.165, 1.54) is 0 Å². The monoisotopic (exact) mass is 408 g/mol. The highest BCUT2D eigenvalue weighted by Gasteiger charge is 2.15. The molecule has 0 aliphatic rings. The molecule has 26 heavy (non-hydrogen) atoms. The van der Waals surface area contributed by atoms with Crippen LogP contribution in [-0.4, -0.2) is 12.5 Å². The topological polar surface area (TPSA) is 41.1 Å². The number of hydrogen-bond acceptors (Lipinski definition) is 2. The van der Waals surface area contributed by atoms with Crippen LogP contribution in [-0.2, 0) is 4.79 Å². The Morgan fingerprint density at radius 1 is 0.923 bits per heavy atom. The van der Waals surface area contributed by atoms with Crippen LogP contribution in [0.5, 0.6) is 0 Å². The van der Waals surface area contributed by atoms with E-state index in [9.17, 15) is 4.79 Å². The first-order valence-corrected chi connectivity index (χ1v) is 9.32. The molecule has 0 saturated heterocycles. The van der Waals surface area contributed by atoms with E-state index in [0.717, 1.165) is 26.9 Å². The van der Waals surface area contributed by atoms with Gasteiger partial charge in [0.05, 0.1) is 12.6 Å². The Morgan fingerprint density at radius 2 is 1.50 bits per heavy atom. The van der Waals surface area contributed by atoms with Gasteiger partial charge in [-0.25, -0.2) is 0 Å². The molecular formula is C22H21BrN2O. The van der Waals surface area contributed by atoms with Gasteiger partial charge in [0, 0.05) is 10.2 Å². The van der Waals surface area contributed by atoms with Crippen molar-refractivity contribution in [2.75, 3.05) is 11.9 Å². The second kappa shape index (κ2) is 8.79. The lowest BCUT2D eigenvalue weighted by Gasteiger charge is -2.20. The molecule has 3 rings (SSSR count). The zero-order valence-electron chi connectivity index (χ0n) is 14.6. The predicted octanol–water partition coefficient (Wildman–Crippen LogP) is 5.08. The van der Waals surface area contributed by atoms with E-state index in [0.29, 0.717) is 0 Å². The number of carbonyl (C=O) groups excluding carboxylic acids is 1. The second-order valence-corrected chi connectivity index (χ2v) is 7.06. The third kappa shape index (κ3) is 4.81. The number of halogens is 1. The zero-order valence-corrected chi connectivity index (χ0v) is 16.2. The van der Waals surface area contributed by atoms with Gasteiger partial charge in [-0.3, -0.25) is 10.1 Å². The SMILES string of the molecule is Cc1cc(Br)ccc1NC(=O)CNC(c1ccccc1)c1ccccc1. The number of rotatable bonds is 6. The van der Waals surface area contributed by atoms with Crippen molar-refractivity contribution in [1.82, 2.24) is 5.32 Å². The molecule has 0 atom stereocenters. The molecule has 0 saturated carbocycles. The van der Waals surface area contributed by atoms with Crippen LogP contribution in [0.15, 0.2) is 83.3 Å². The molecule has 0 radical (unpaired) electrons. The van der Waals surface area contributed by atoms with Crippen LogP contribution in [0.1, 0.15) is 22.7 Å². The van der Waals surface area contributed by atoms with Crippen LogP contribution >= 0.6 is 15.9 Å². The number of anilines is 1. The fourth-order valence-corrected chi connectivity index (χ4v) is 3.35. The summed E-state index contributed by atoms with van der Waals surface area (Å²) in [7, 11) is 0. The van der Waals surface area contributed by atoms with E-state index in [-0.39, 0.29) is 18.5 Å². The molecule has 0 aromatic heterocycles. The minimum atomic E-state index is -0.0627. The van der Waals surface area contributed by atoms with Crippen LogP contribution in [0, 0.1) is 6.92 Å². The maximum Gasteiger partial charge on any atom is 0.238 e. The summed E-state index contributed by atoms with van der Waals surface area (Å²) < 4.78 is 0.999. The van der Waals surface area contributed by atoms with Gasteiger partial charge < -0.3 is 5.32 Å². The Balaban J connectivity index is 1.71. The Hall–Kier alpha value is -2.43. The van der Waals surface area contributed by atoms with Crippen LogP contribution < -0.4 is 10.6 Å². The Morgan fingerprint density at radius 3 is 2.04 bits per heavy atom. The highest BCUT2D eigenvalue weighted by atomic mass is 79.9. The van der Waals surface area contributed by atoms with E-state index in [1.807, 2.05) is 61.5 Å². The third-order valence-corrected chi connectivity index (χ3v) is 4.69. The Kier molecular flexibility index (Phi) is 6.21. The lowest BCUT2D eigenvalue weighted by molar-refractivity contribution is -0.115. The van der Waals surface area contributed by atoms with Gasteiger partial charge >= 0.3 is 0 Å². The maximum atomic E-state index is 12.4.